The van der Waals surface area contributed by atoms with Crippen LogP contribution in [0.5, 0.6) is 0 Å². The van der Waals surface area contributed by atoms with Gasteiger partial charge in [0.2, 0.25) is 0 Å². The summed E-state index contributed by atoms with van der Waals surface area (Å²) in [5, 5.41) is 6.79. The smallest absolute Gasteiger partial charge is 0.416 e. The molecular weight excluding hydrogens is 660 g/mol. The number of nitrogens with zero attached hydrogens (tertiary/aromatic N) is 1. The fourth-order valence-electron chi connectivity index (χ4n) is 5.36. The van der Waals surface area contributed by atoms with Gasteiger partial charge in [0.25, 0.3) is 5.91 Å². The molecular formula is C37H33F4N2O5S-. The molecule has 0 saturated carbocycles. The van der Waals surface area contributed by atoms with E-state index in [1.165, 1.54) is 30.3 Å². The van der Waals surface area contributed by atoms with Gasteiger partial charge in [-0.25, -0.2) is 12.8 Å². The summed E-state index contributed by atoms with van der Waals surface area (Å²) < 4.78 is 92.4. The monoisotopic (exact) mass is 693 g/mol. The first-order valence-corrected chi connectivity index (χ1v) is 16.9. The first kappa shape index (κ1) is 35.5. The second kappa shape index (κ2) is 14.0. The maximum atomic E-state index is 14.9. The lowest BCUT2D eigenvalue weighted by Crippen LogP contribution is -2.28. The van der Waals surface area contributed by atoms with E-state index < -0.39 is 39.3 Å². The van der Waals surface area contributed by atoms with Crippen LogP contribution < -0.4 is 5.32 Å². The minimum atomic E-state index is -4.51. The topological polar surface area (TPSA) is 112 Å². The highest BCUT2D eigenvalue weighted by Gasteiger charge is 2.30. The fourth-order valence-corrected chi connectivity index (χ4v) is 5.71. The van der Waals surface area contributed by atoms with Crippen molar-refractivity contribution in [3.8, 4) is 22.5 Å². The van der Waals surface area contributed by atoms with Crippen LogP contribution in [-0.2, 0) is 28.1 Å². The maximum absolute atomic E-state index is 14.9. The normalized spacial score (nSPS) is 12.9. The van der Waals surface area contributed by atoms with Crippen LogP contribution in [-0.4, -0.2) is 36.3 Å². The second-order valence-corrected chi connectivity index (χ2v) is 14.3. The summed E-state index contributed by atoms with van der Waals surface area (Å²) in [5.41, 5.74) is 3.78. The van der Waals surface area contributed by atoms with Gasteiger partial charge in [-0.2, -0.15) is 13.2 Å². The van der Waals surface area contributed by atoms with Crippen LogP contribution in [0.25, 0.3) is 22.5 Å². The minimum absolute atomic E-state index is 0.0727. The Balaban J connectivity index is 1.43. The average molecular weight is 694 g/mol. The van der Waals surface area contributed by atoms with Crippen molar-refractivity contribution in [3.05, 3.63) is 136 Å². The summed E-state index contributed by atoms with van der Waals surface area (Å²) in [4.78, 5) is 12.4. The van der Waals surface area contributed by atoms with Gasteiger partial charge in [0.15, 0.2) is 5.76 Å². The van der Waals surface area contributed by atoms with Gasteiger partial charge in [-0.05, 0) is 76.6 Å². The zero-order chi connectivity index (χ0) is 35.6. The Bertz CT molecular complexity index is 2030. The highest BCUT2D eigenvalue weighted by atomic mass is 32.2. The molecule has 1 unspecified atom stereocenters. The average Bonchev–Trinajstić information content (AvgIpc) is 3.53. The Morgan fingerprint density at radius 3 is 2.06 bits per heavy atom. The van der Waals surface area contributed by atoms with E-state index in [0.717, 1.165) is 28.8 Å². The van der Waals surface area contributed by atoms with Gasteiger partial charge in [-0.3, -0.25) is 4.79 Å². The summed E-state index contributed by atoms with van der Waals surface area (Å²) >= 11 is 0. The fraction of sp³-hybridized carbons (Fsp3) is 0.243. The first-order chi connectivity index (χ1) is 23.0. The molecule has 7 nitrogen and oxygen atoms in total. The summed E-state index contributed by atoms with van der Waals surface area (Å²) in [6, 6.07) is 25.1. The van der Waals surface area contributed by atoms with Gasteiger partial charge in [-0.1, -0.05) is 74.5 Å². The van der Waals surface area contributed by atoms with Crippen LogP contribution in [0.2, 0.25) is 0 Å². The molecule has 0 saturated heterocycles. The number of halogens is 4. The highest BCUT2D eigenvalue weighted by molar-refractivity contribution is 7.85. The van der Waals surface area contributed by atoms with E-state index in [1.807, 2.05) is 12.1 Å². The van der Waals surface area contributed by atoms with Crippen molar-refractivity contribution in [2.75, 3.05) is 12.3 Å². The number of hydrogen-bond acceptors (Lipinski definition) is 6. The predicted molar refractivity (Wildman–Crippen MR) is 176 cm³/mol. The van der Waals surface area contributed by atoms with Gasteiger partial charge < -0.3 is 14.4 Å². The molecule has 4 aromatic carbocycles. The number of carbonyl (C=O) groups is 1. The lowest BCUT2D eigenvalue weighted by molar-refractivity contribution is -0.137. The molecule has 1 aromatic heterocycles. The number of nitrogens with one attached hydrogen (secondary N) is 1. The quantitative estimate of drug-likeness (QED) is 0.117. The molecule has 256 valence electrons. The zero-order valence-electron chi connectivity index (χ0n) is 26.8. The molecule has 0 fully saturated rings. The molecule has 1 heterocycles. The van der Waals surface area contributed by atoms with Crippen molar-refractivity contribution in [3.63, 3.8) is 0 Å². The van der Waals surface area contributed by atoms with Crippen molar-refractivity contribution in [2.45, 2.75) is 44.7 Å². The van der Waals surface area contributed by atoms with E-state index in [0.29, 0.717) is 29.0 Å². The SMILES string of the molecule is CC(C)(C)c1ccc(C(Cc2ccc(C(=O)NCCS(=O)(=O)[O-])cc2)c2cc(-c3ccc(F)c(-c4ccc(C(F)(F)F)cc4)c3)on2)cc1. The molecule has 0 radical (unpaired) electrons. The second-order valence-electron chi connectivity index (χ2n) is 12.7. The van der Waals surface area contributed by atoms with Crippen LogP contribution in [0.1, 0.15) is 65.0 Å². The third-order valence-electron chi connectivity index (χ3n) is 8.13. The van der Waals surface area contributed by atoms with Crippen LogP contribution >= 0.6 is 0 Å². The van der Waals surface area contributed by atoms with Gasteiger partial charge in [0, 0.05) is 35.2 Å². The molecule has 0 aliphatic carbocycles. The lowest BCUT2D eigenvalue weighted by Gasteiger charge is -2.21. The molecule has 5 aromatic rings. The Morgan fingerprint density at radius 2 is 1.47 bits per heavy atom. The standard InChI is InChI=1S/C37H34F4N2O5S/c1-36(2,3)28-13-8-25(9-14-28)31(20-23-4-6-26(7-5-23)35(44)42-18-19-49(45,46)47)33-22-34(48-43-33)27-12-17-32(38)30(21-27)24-10-15-29(16-11-24)37(39,40)41/h4-17,21-22,31H,18-20H2,1-3H3,(H,42,44)(H,45,46,47)/p-1. The summed E-state index contributed by atoms with van der Waals surface area (Å²) in [6.07, 6.45) is -4.06. The lowest BCUT2D eigenvalue weighted by atomic mass is 9.83. The van der Waals surface area contributed by atoms with Crippen molar-refractivity contribution in [1.82, 2.24) is 10.5 Å². The highest BCUT2D eigenvalue weighted by Crippen LogP contribution is 2.36. The van der Waals surface area contributed by atoms with Crippen molar-refractivity contribution in [2.24, 2.45) is 0 Å². The first-order valence-electron chi connectivity index (χ1n) is 15.3. The maximum Gasteiger partial charge on any atom is 0.416 e. The molecule has 0 aliphatic rings. The Morgan fingerprint density at radius 1 is 0.857 bits per heavy atom. The van der Waals surface area contributed by atoms with Gasteiger partial charge in [-0.15, -0.1) is 0 Å². The molecule has 0 aliphatic heterocycles. The van der Waals surface area contributed by atoms with E-state index in [4.69, 9.17) is 4.52 Å². The minimum Gasteiger partial charge on any atom is -0.748 e. The number of amides is 1. The number of alkyl halides is 3. The Labute approximate surface area is 281 Å². The van der Waals surface area contributed by atoms with Gasteiger partial charge >= 0.3 is 6.18 Å². The molecule has 0 bridgehead atoms. The molecule has 5 rings (SSSR count). The molecule has 1 atom stereocenters. The Hall–Kier alpha value is -4.81. The van der Waals surface area contributed by atoms with Crippen LogP contribution in [0.3, 0.4) is 0 Å². The Kier molecular flexibility index (Phi) is 10.1. The zero-order valence-corrected chi connectivity index (χ0v) is 27.7. The summed E-state index contributed by atoms with van der Waals surface area (Å²) in [6.45, 7) is 6.04. The number of benzene rings is 4. The predicted octanol–water partition coefficient (Wildman–Crippen LogP) is 8.11. The number of aromatic nitrogens is 1. The van der Waals surface area contributed by atoms with Crippen molar-refractivity contribution in [1.29, 1.82) is 0 Å². The number of carbonyl (C=O) groups excluding carboxylic acids is 1. The number of rotatable bonds is 10. The van der Waals surface area contributed by atoms with Crippen LogP contribution in [0.15, 0.2) is 102 Å². The van der Waals surface area contributed by atoms with E-state index in [2.05, 4.69) is 43.4 Å². The summed E-state index contributed by atoms with van der Waals surface area (Å²) in [5.74, 6) is -1.79. The van der Waals surface area contributed by atoms with E-state index >= 15 is 0 Å². The van der Waals surface area contributed by atoms with Gasteiger partial charge in [0.05, 0.1) is 27.1 Å². The summed E-state index contributed by atoms with van der Waals surface area (Å²) in [7, 11) is -4.45. The third-order valence-corrected chi connectivity index (χ3v) is 8.84. The van der Waals surface area contributed by atoms with E-state index in [-0.39, 0.29) is 29.0 Å². The van der Waals surface area contributed by atoms with Crippen molar-refractivity contribution < 1.29 is 39.8 Å². The van der Waals surface area contributed by atoms with Crippen LogP contribution in [0.4, 0.5) is 17.6 Å². The van der Waals surface area contributed by atoms with E-state index in [1.54, 1.807) is 30.3 Å². The largest absolute Gasteiger partial charge is 0.748 e. The molecule has 12 heteroatoms. The third kappa shape index (κ3) is 9.01. The van der Waals surface area contributed by atoms with Crippen molar-refractivity contribution >= 4 is 16.0 Å². The molecule has 49 heavy (non-hydrogen) atoms. The molecule has 0 spiro atoms. The van der Waals surface area contributed by atoms with Gasteiger partial charge in [0.1, 0.15) is 5.82 Å². The molecule has 1 N–H and O–H groups in total. The van der Waals surface area contributed by atoms with E-state index in [9.17, 15) is 35.3 Å². The molecule has 1 amide bonds. The number of hydrogen-bond donors (Lipinski definition) is 1. The van der Waals surface area contributed by atoms with Crippen LogP contribution in [0, 0.1) is 5.82 Å².